The summed E-state index contributed by atoms with van der Waals surface area (Å²) in [5, 5.41) is 2.96. The van der Waals surface area contributed by atoms with Crippen LogP contribution in [0, 0.1) is 0 Å². The minimum absolute atomic E-state index is 0.338. The van der Waals surface area contributed by atoms with E-state index in [-0.39, 0.29) is 0 Å². The molecule has 6 nitrogen and oxygen atoms in total. The Labute approximate surface area is 144 Å². The summed E-state index contributed by atoms with van der Waals surface area (Å²) in [5.74, 6) is 0.350. The van der Waals surface area contributed by atoms with Crippen molar-refractivity contribution in [2.75, 3.05) is 19.6 Å². The van der Waals surface area contributed by atoms with Crippen molar-refractivity contribution in [3.63, 3.8) is 0 Å². The summed E-state index contributed by atoms with van der Waals surface area (Å²) in [4.78, 5) is 4.57. The Bertz CT molecular complexity index is 690. The lowest BCUT2D eigenvalue weighted by Crippen LogP contribution is -2.35. The van der Waals surface area contributed by atoms with Crippen molar-refractivity contribution >= 4 is 16.0 Å². The average Bonchev–Trinajstić information content (AvgIpc) is 2.59. The van der Waals surface area contributed by atoms with Crippen LogP contribution in [0.25, 0.3) is 0 Å². The second-order valence-corrected chi connectivity index (χ2v) is 8.06. The molecule has 1 fully saturated rings. The molecule has 1 aliphatic rings. The lowest BCUT2D eigenvalue weighted by molar-refractivity contribution is 0.346. The van der Waals surface area contributed by atoms with Crippen LogP contribution in [0.2, 0.25) is 0 Å². The fourth-order valence-electron chi connectivity index (χ4n) is 2.49. The van der Waals surface area contributed by atoms with Gasteiger partial charge in [-0.25, -0.2) is 13.4 Å². The molecule has 0 saturated carbocycles. The molecule has 1 aromatic rings. The maximum Gasteiger partial charge on any atom is 0.243 e. The van der Waals surface area contributed by atoms with Gasteiger partial charge >= 0.3 is 0 Å². The van der Waals surface area contributed by atoms with Crippen molar-refractivity contribution in [3.05, 3.63) is 42.0 Å². The highest BCUT2D eigenvalue weighted by molar-refractivity contribution is 7.89. The second-order valence-electron chi connectivity index (χ2n) is 6.12. The Morgan fingerprint density at radius 2 is 1.88 bits per heavy atom. The number of nitrogens with one attached hydrogen (secondary N) is 1. The fourth-order valence-corrected chi connectivity index (χ4v) is 4.01. The number of sulfonamides is 1. The molecule has 7 heteroatoms. The highest BCUT2D eigenvalue weighted by Crippen LogP contribution is 2.20. The molecule has 1 aliphatic heterocycles. The van der Waals surface area contributed by atoms with Crippen LogP contribution in [-0.4, -0.2) is 38.3 Å². The molecule has 0 amide bonds. The van der Waals surface area contributed by atoms with Gasteiger partial charge in [0.05, 0.1) is 11.4 Å². The summed E-state index contributed by atoms with van der Waals surface area (Å²) in [6.45, 7) is 7.90. The number of guanidine groups is 1. The Hall–Kier alpha value is -1.86. The number of nitrogens with zero attached hydrogens (tertiary/aromatic N) is 2. The number of rotatable bonds is 6. The Balaban J connectivity index is 1.99. The second kappa shape index (κ2) is 8.30. The van der Waals surface area contributed by atoms with Crippen LogP contribution in [0.5, 0.6) is 0 Å². The first-order chi connectivity index (χ1) is 11.4. The first-order valence-electron chi connectivity index (χ1n) is 8.17. The van der Waals surface area contributed by atoms with E-state index >= 15 is 0 Å². The van der Waals surface area contributed by atoms with Gasteiger partial charge in [-0.05, 0) is 37.5 Å². The van der Waals surface area contributed by atoms with Crippen LogP contribution in [0.1, 0.15) is 31.7 Å². The maximum atomic E-state index is 12.6. The maximum absolute atomic E-state index is 12.6. The van der Waals surface area contributed by atoms with Crippen molar-refractivity contribution in [3.8, 4) is 0 Å². The lowest BCUT2D eigenvalue weighted by Gasteiger charge is -2.25. The molecule has 2 rings (SSSR count). The minimum Gasteiger partial charge on any atom is -0.370 e. The zero-order valence-corrected chi connectivity index (χ0v) is 15.0. The summed E-state index contributed by atoms with van der Waals surface area (Å²) in [5.41, 5.74) is 7.64. The van der Waals surface area contributed by atoms with E-state index in [0.29, 0.717) is 37.0 Å². The number of benzene rings is 1. The van der Waals surface area contributed by atoms with Crippen LogP contribution < -0.4 is 11.1 Å². The first kappa shape index (κ1) is 18.5. The number of hydrogen-bond donors (Lipinski definition) is 2. The van der Waals surface area contributed by atoms with Crippen molar-refractivity contribution in [2.24, 2.45) is 10.7 Å². The van der Waals surface area contributed by atoms with E-state index < -0.39 is 10.0 Å². The zero-order valence-electron chi connectivity index (χ0n) is 14.2. The van der Waals surface area contributed by atoms with Gasteiger partial charge in [-0.3, -0.25) is 0 Å². The van der Waals surface area contributed by atoms with E-state index in [1.54, 1.807) is 28.6 Å². The van der Waals surface area contributed by atoms with E-state index in [9.17, 15) is 8.42 Å². The van der Waals surface area contributed by atoms with E-state index in [0.717, 1.165) is 30.4 Å². The summed E-state index contributed by atoms with van der Waals surface area (Å²) >= 11 is 0. The number of piperidine rings is 1. The summed E-state index contributed by atoms with van der Waals surface area (Å²) in [6, 6.07) is 6.86. The number of hydrogen-bond acceptors (Lipinski definition) is 3. The molecule has 1 heterocycles. The molecule has 132 valence electrons. The standard InChI is InChI=1S/C17H26N4O2S/c1-14(2)12-19-17(18)20-13-15-6-8-16(9-7-15)24(22,23)21-10-4-3-5-11-21/h6-9H,1,3-5,10-13H2,2H3,(H3,18,19,20). The number of aliphatic imine (C=N–C) groups is 1. The normalized spacial score (nSPS) is 16.8. The predicted octanol–water partition coefficient (Wildman–Crippen LogP) is 1.84. The van der Waals surface area contributed by atoms with E-state index in [2.05, 4.69) is 16.9 Å². The summed E-state index contributed by atoms with van der Waals surface area (Å²) in [7, 11) is -3.38. The van der Waals surface area contributed by atoms with Crippen molar-refractivity contribution < 1.29 is 8.42 Å². The molecule has 3 N–H and O–H groups in total. The van der Waals surface area contributed by atoms with Crippen molar-refractivity contribution in [2.45, 2.75) is 37.6 Å². The fraction of sp³-hybridized carbons (Fsp3) is 0.471. The van der Waals surface area contributed by atoms with Gasteiger partial charge in [-0.1, -0.05) is 30.7 Å². The molecule has 0 bridgehead atoms. The van der Waals surface area contributed by atoms with E-state index in [1.807, 2.05) is 6.92 Å². The summed E-state index contributed by atoms with van der Waals surface area (Å²) in [6.07, 6.45) is 2.97. The van der Waals surface area contributed by atoms with E-state index in [4.69, 9.17) is 5.73 Å². The SMILES string of the molecule is C=C(C)CNC(N)=NCc1ccc(S(=O)(=O)N2CCCCC2)cc1. The molecule has 0 atom stereocenters. The Morgan fingerprint density at radius 3 is 2.46 bits per heavy atom. The minimum atomic E-state index is -3.38. The summed E-state index contributed by atoms with van der Waals surface area (Å²) < 4.78 is 26.7. The quantitative estimate of drug-likeness (QED) is 0.465. The first-order valence-corrected chi connectivity index (χ1v) is 9.61. The van der Waals surface area contributed by atoms with Crippen molar-refractivity contribution in [1.29, 1.82) is 0 Å². The molecule has 1 aromatic carbocycles. The molecule has 0 aromatic heterocycles. The predicted molar refractivity (Wildman–Crippen MR) is 97.2 cm³/mol. The highest BCUT2D eigenvalue weighted by Gasteiger charge is 2.25. The van der Waals surface area contributed by atoms with Crippen LogP contribution in [0.4, 0.5) is 0 Å². The molecule has 24 heavy (non-hydrogen) atoms. The van der Waals surface area contributed by atoms with Gasteiger partial charge < -0.3 is 11.1 Å². The van der Waals surface area contributed by atoms with Crippen LogP contribution in [-0.2, 0) is 16.6 Å². The van der Waals surface area contributed by atoms with Gasteiger partial charge in [-0.15, -0.1) is 0 Å². The highest BCUT2D eigenvalue weighted by atomic mass is 32.2. The molecule has 1 saturated heterocycles. The third kappa shape index (κ3) is 5.07. The Morgan fingerprint density at radius 1 is 1.25 bits per heavy atom. The lowest BCUT2D eigenvalue weighted by atomic mass is 10.2. The third-order valence-electron chi connectivity index (χ3n) is 3.88. The average molecular weight is 350 g/mol. The van der Waals surface area contributed by atoms with Gasteiger partial charge in [-0.2, -0.15) is 4.31 Å². The van der Waals surface area contributed by atoms with Gasteiger partial charge in [0.1, 0.15) is 0 Å². The van der Waals surface area contributed by atoms with Crippen LogP contribution in [0.3, 0.4) is 0 Å². The molecule has 0 aliphatic carbocycles. The largest absolute Gasteiger partial charge is 0.370 e. The monoisotopic (exact) mass is 350 g/mol. The third-order valence-corrected chi connectivity index (χ3v) is 5.79. The van der Waals surface area contributed by atoms with Gasteiger partial charge in [0.2, 0.25) is 10.0 Å². The topological polar surface area (TPSA) is 87.8 Å². The Kier molecular flexibility index (Phi) is 6.39. The van der Waals surface area contributed by atoms with Crippen LogP contribution in [0.15, 0.2) is 46.3 Å². The molecule has 0 unspecified atom stereocenters. The smallest absolute Gasteiger partial charge is 0.243 e. The zero-order chi connectivity index (χ0) is 17.6. The molecule has 0 radical (unpaired) electrons. The molecular formula is C17H26N4O2S. The molecule has 0 spiro atoms. The van der Waals surface area contributed by atoms with Gasteiger partial charge in [0.25, 0.3) is 0 Å². The van der Waals surface area contributed by atoms with Gasteiger partial charge in [0.15, 0.2) is 5.96 Å². The van der Waals surface area contributed by atoms with Crippen LogP contribution >= 0.6 is 0 Å². The number of nitrogens with two attached hydrogens (primary N) is 1. The molecular weight excluding hydrogens is 324 g/mol. The van der Waals surface area contributed by atoms with Gasteiger partial charge in [0, 0.05) is 19.6 Å². The van der Waals surface area contributed by atoms with Crippen molar-refractivity contribution in [1.82, 2.24) is 9.62 Å². The van der Waals surface area contributed by atoms with E-state index in [1.165, 1.54) is 0 Å².